The Morgan fingerprint density at radius 3 is 2.35 bits per heavy atom. The summed E-state index contributed by atoms with van der Waals surface area (Å²) in [6.07, 6.45) is 2.67. The van der Waals surface area contributed by atoms with Crippen molar-refractivity contribution in [2.24, 2.45) is 5.73 Å². The van der Waals surface area contributed by atoms with Crippen LogP contribution in [0.15, 0.2) is 23.0 Å². The predicted octanol–water partition coefficient (Wildman–Crippen LogP) is 2.70. The summed E-state index contributed by atoms with van der Waals surface area (Å²) < 4.78 is 34.1. The maximum atomic E-state index is 13.8. The number of amides is 2. The summed E-state index contributed by atoms with van der Waals surface area (Å²) in [5.74, 6) is -4.12. The Bertz CT molecular complexity index is 1210. The zero-order valence-electron chi connectivity index (χ0n) is 19.4. The Labute approximate surface area is 193 Å². The van der Waals surface area contributed by atoms with Crippen LogP contribution in [0.1, 0.15) is 62.3 Å². The van der Waals surface area contributed by atoms with Crippen molar-refractivity contribution in [1.29, 1.82) is 0 Å². The smallest absolute Gasteiger partial charge is 0.257 e. The number of hydrogen-bond acceptors (Lipinski definition) is 8. The average molecular weight is 476 g/mol. The van der Waals surface area contributed by atoms with Gasteiger partial charge >= 0.3 is 0 Å². The highest BCUT2D eigenvalue weighted by molar-refractivity contribution is 6.02. The second-order valence-electron chi connectivity index (χ2n) is 8.74. The van der Waals surface area contributed by atoms with Crippen LogP contribution in [0.2, 0.25) is 0 Å². The third kappa shape index (κ3) is 4.72. The number of halogens is 2. The van der Waals surface area contributed by atoms with Crippen LogP contribution in [0, 0.1) is 0 Å². The van der Waals surface area contributed by atoms with Gasteiger partial charge in [-0.25, -0.2) is 23.4 Å². The van der Waals surface area contributed by atoms with Crippen LogP contribution >= 0.6 is 0 Å². The lowest BCUT2D eigenvalue weighted by Gasteiger charge is -2.28. The summed E-state index contributed by atoms with van der Waals surface area (Å²) >= 11 is 0. The van der Waals surface area contributed by atoms with E-state index >= 15 is 0 Å². The van der Waals surface area contributed by atoms with Gasteiger partial charge in [0.25, 0.3) is 11.8 Å². The molecule has 0 atom stereocenters. The maximum absolute atomic E-state index is 13.8. The fourth-order valence-electron chi connectivity index (χ4n) is 3.03. The maximum Gasteiger partial charge on any atom is 0.257 e. The van der Waals surface area contributed by atoms with E-state index in [2.05, 4.69) is 25.5 Å². The molecule has 0 saturated heterocycles. The Balaban J connectivity index is 1.74. The summed E-state index contributed by atoms with van der Waals surface area (Å²) in [6.45, 7) is 7.10. The SMILES string of the molecule is CC(C)n1nc(-c2ncc(CC(=O)Nc3cc(C(C)(C)C(C)(F)F)on3)cn2)c(C(N)=O)c1N. The minimum atomic E-state index is -3.06. The van der Waals surface area contributed by atoms with Crippen molar-refractivity contribution in [2.45, 2.75) is 58.4 Å². The summed E-state index contributed by atoms with van der Waals surface area (Å²) in [6, 6.07) is 1.14. The molecule has 0 aliphatic heterocycles. The molecular weight excluding hydrogens is 450 g/mol. The van der Waals surface area contributed by atoms with Crippen LogP contribution in [-0.4, -0.2) is 42.6 Å². The molecule has 0 aliphatic rings. The Hall–Kier alpha value is -3.90. The van der Waals surface area contributed by atoms with E-state index in [1.807, 2.05) is 13.8 Å². The second kappa shape index (κ2) is 8.80. The van der Waals surface area contributed by atoms with Gasteiger partial charge in [-0.05, 0) is 33.3 Å². The van der Waals surface area contributed by atoms with Crippen molar-refractivity contribution in [1.82, 2.24) is 24.9 Å². The number of aromatic nitrogens is 5. The Morgan fingerprint density at radius 2 is 1.82 bits per heavy atom. The molecule has 0 radical (unpaired) electrons. The summed E-state index contributed by atoms with van der Waals surface area (Å²) in [5, 5.41) is 10.4. The molecule has 0 saturated carbocycles. The van der Waals surface area contributed by atoms with Crippen molar-refractivity contribution in [2.75, 3.05) is 11.1 Å². The van der Waals surface area contributed by atoms with E-state index in [-0.39, 0.29) is 46.9 Å². The first-order valence-corrected chi connectivity index (χ1v) is 10.4. The first-order chi connectivity index (χ1) is 15.7. The number of rotatable bonds is 8. The van der Waals surface area contributed by atoms with Crippen molar-refractivity contribution < 1.29 is 22.9 Å². The minimum absolute atomic E-state index is 0.00987. The number of primary amides is 1. The first kappa shape index (κ1) is 24.7. The Kier molecular flexibility index (Phi) is 6.40. The molecule has 2 amide bonds. The first-order valence-electron chi connectivity index (χ1n) is 10.4. The molecule has 11 nitrogen and oxygen atoms in total. The van der Waals surface area contributed by atoms with E-state index in [1.165, 1.54) is 37.0 Å². The summed E-state index contributed by atoms with van der Waals surface area (Å²) in [5.41, 5.74) is 10.4. The topological polar surface area (TPSA) is 168 Å². The van der Waals surface area contributed by atoms with E-state index in [9.17, 15) is 18.4 Å². The number of hydrogen-bond donors (Lipinski definition) is 3. The fourth-order valence-corrected chi connectivity index (χ4v) is 3.03. The molecule has 0 fully saturated rings. The van der Waals surface area contributed by atoms with E-state index in [4.69, 9.17) is 16.0 Å². The molecule has 182 valence electrons. The van der Waals surface area contributed by atoms with Gasteiger partial charge in [0.05, 0.1) is 11.8 Å². The highest BCUT2D eigenvalue weighted by atomic mass is 19.3. The molecule has 0 aromatic carbocycles. The van der Waals surface area contributed by atoms with Crippen LogP contribution in [0.4, 0.5) is 20.4 Å². The number of alkyl halides is 2. The molecule has 3 aromatic heterocycles. The highest BCUT2D eigenvalue weighted by Crippen LogP contribution is 2.39. The average Bonchev–Trinajstić information content (AvgIpc) is 3.32. The molecular formula is C21H26F2N8O3. The third-order valence-corrected chi connectivity index (χ3v) is 5.46. The lowest BCUT2D eigenvalue weighted by molar-refractivity contribution is -0.115. The van der Waals surface area contributed by atoms with Gasteiger partial charge in [0.15, 0.2) is 17.4 Å². The van der Waals surface area contributed by atoms with Gasteiger partial charge < -0.3 is 21.3 Å². The molecule has 3 aromatic rings. The highest BCUT2D eigenvalue weighted by Gasteiger charge is 2.46. The van der Waals surface area contributed by atoms with E-state index in [0.29, 0.717) is 5.56 Å². The summed E-state index contributed by atoms with van der Waals surface area (Å²) in [4.78, 5) is 32.6. The normalized spacial score (nSPS) is 12.2. The minimum Gasteiger partial charge on any atom is -0.383 e. The number of nitrogens with two attached hydrogens (primary N) is 2. The Morgan fingerprint density at radius 1 is 1.21 bits per heavy atom. The van der Waals surface area contributed by atoms with Gasteiger partial charge in [0.2, 0.25) is 5.91 Å². The lowest BCUT2D eigenvalue weighted by atomic mass is 9.84. The van der Waals surface area contributed by atoms with Gasteiger partial charge in [-0.1, -0.05) is 5.16 Å². The number of carbonyl (C=O) groups excluding carboxylic acids is 2. The predicted molar refractivity (Wildman–Crippen MR) is 119 cm³/mol. The van der Waals surface area contributed by atoms with Crippen LogP contribution in [0.3, 0.4) is 0 Å². The van der Waals surface area contributed by atoms with Crippen molar-refractivity contribution in [3.63, 3.8) is 0 Å². The van der Waals surface area contributed by atoms with Crippen LogP contribution in [-0.2, 0) is 16.6 Å². The number of carbonyl (C=O) groups is 2. The molecule has 34 heavy (non-hydrogen) atoms. The quantitative estimate of drug-likeness (QED) is 0.446. The molecule has 0 spiro atoms. The molecule has 5 N–H and O–H groups in total. The van der Waals surface area contributed by atoms with Crippen LogP contribution < -0.4 is 16.8 Å². The standard InChI is InChI=1S/C21H26F2N8O3/c1-10(2)31-17(24)15(18(25)33)16(29-31)19-26-8-11(9-27-19)6-14(32)28-13-7-12(34-30-13)20(3,4)21(5,22)23/h7-10H,6,24H2,1-5H3,(H2,25,33)(H,28,30,32). The van der Waals surface area contributed by atoms with Crippen molar-refractivity contribution in [3.05, 3.63) is 35.3 Å². The number of nitrogens with zero attached hydrogens (tertiary/aromatic N) is 5. The molecule has 0 unspecified atom stereocenters. The molecule has 0 bridgehead atoms. The van der Waals surface area contributed by atoms with E-state index in [0.717, 1.165) is 6.92 Å². The fraction of sp³-hybridized carbons (Fsp3) is 0.429. The zero-order chi connectivity index (χ0) is 25.4. The number of nitrogens with one attached hydrogen (secondary N) is 1. The number of nitrogen functional groups attached to an aromatic ring is 1. The van der Waals surface area contributed by atoms with Gasteiger partial charge in [0.1, 0.15) is 17.1 Å². The molecule has 0 aliphatic carbocycles. The molecule has 3 heterocycles. The van der Waals surface area contributed by atoms with Gasteiger partial charge in [-0.15, -0.1) is 0 Å². The van der Waals surface area contributed by atoms with Gasteiger partial charge in [-0.3, -0.25) is 9.59 Å². The van der Waals surface area contributed by atoms with E-state index in [1.54, 1.807) is 0 Å². The monoisotopic (exact) mass is 476 g/mol. The lowest BCUT2D eigenvalue weighted by Crippen LogP contribution is -2.37. The molecule has 3 rings (SSSR count). The van der Waals surface area contributed by atoms with Gasteiger partial charge in [0, 0.05) is 31.4 Å². The molecule has 13 heteroatoms. The van der Waals surface area contributed by atoms with Crippen LogP contribution in [0.5, 0.6) is 0 Å². The van der Waals surface area contributed by atoms with Gasteiger partial charge in [-0.2, -0.15) is 5.10 Å². The number of anilines is 2. The largest absolute Gasteiger partial charge is 0.383 e. The van der Waals surface area contributed by atoms with Crippen LogP contribution in [0.25, 0.3) is 11.5 Å². The summed E-state index contributed by atoms with van der Waals surface area (Å²) in [7, 11) is 0. The second-order valence-corrected chi connectivity index (χ2v) is 8.74. The third-order valence-electron chi connectivity index (χ3n) is 5.46. The van der Waals surface area contributed by atoms with Crippen molar-refractivity contribution in [3.8, 4) is 11.5 Å². The van der Waals surface area contributed by atoms with Crippen molar-refractivity contribution >= 4 is 23.5 Å². The van der Waals surface area contributed by atoms with E-state index < -0.39 is 23.2 Å². The zero-order valence-corrected chi connectivity index (χ0v) is 19.4.